The summed E-state index contributed by atoms with van der Waals surface area (Å²) in [6.07, 6.45) is 8.80. The maximum atomic E-state index is 13.6. The minimum atomic E-state index is -1.02. The number of hydrogen-bond donors (Lipinski definition) is 1. The van der Waals surface area contributed by atoms with Gasteiger partial charge in [-0.2, -0.15) is 0 Å². The number of carbonyl (C=O) groups excluding carboxylic acids is 2. The van der Waals surface area contributed by atoms with Crippen molar-refractivity contribution < 1.29 is 23.1 Å². The SMILES string of the molecule is CN(C)C(=O)COc1cc(CNC(=O)c2cccn(Cc3ccc(F)c(F)c3)c2=O)cc(C2C=NC3N=CC=CC32)c1. The van der Waals surface area contributed by atoms with Gasteiger partial charge in [0.05, 0.1) is 6.54 Å². The fourth-order valence-corrected chi connectivity index (χ4v) is 4.83. The monoisotopic (exact) mass is 573 g/mol. The van der Waals surface area contributed by atoms with Gasteiger partial charge in [0.2, 0.25) is 0 Å². The first-order valence-corrected chi connectivity index (χ1v) is 13.3. The summed E-state index contributed by atoms with van der Waals surface area (Å²) in [6, 6.07) is 11.8. The predicted molar refractivity (Wildman–Crippen MR) is 154 cm³/mol. The number of pyridine rings is 1. The molecule has 2 aliphatic rings. The van der Waals surface area contributed by atoms with Gasteiger partial charge in [-0.1, -0.05) is 18.2 Å². The van der Waals surface area contributed by atoms with E-state index in [-0.39, 0.29) is 49.2 Å². The number of halogens is 2. The summed E-state index contributed by atoms with van der Waals surface area (Å²) < 4.78 is 34.0. The Morgan fingerprint density at radius 2 is 1.88 bits per heavy atom. The van der Waals surface area contributed by atoms with Gasteiger partial charge in [-0.25, -0.2) is 8.78 Å². The molecule has 2 aromatic carbocycles. The first-order valence-electron chi connectivity index (χ1n) is 13.3. The van der Waals surface area contributed by atoms with Crippen LogP contribution >= 0.6 is 0 Å². The first-order chi connectivity index (χ1) is 20.2. The average Bonchev–Trinajstić information content (AvgIpc) is 3.42. The van der Waals surface area contributed by atoms with Crippen LogP contribution in [0.3, 0.4) is 0 Å². The van der Waals surface area contributed by atoms with Gasteiger partial charge in [0.15, 0.2) is 18.2 Å². The number of allylic oxidation sites excluding steroid dienone is 1. The van der Waals surface area contributed by atoms with Crippen LogP contribution in [0, 0.1) is 17.6 Å². The highest BCUT2D eigenvalue weighted by Crippen LogP contribution is 2.37. The summed E-state index contributed by atoms with van der Waals surface area (Å²) in [6.45, 7) is -0.109. The van der Waals surface area contributed by atoms with Gasteiger partial charge in [-0.05, 0) is 59.2 Å². The third-order valence-corrected chi connectivity index (χ3v) is 7.11. The number of ether oxygens (including phenoxy) is 1. The molecule has 42 heavy (non-hydrogen) atoms. The van der Waals surface area contributed by atoms with Gasteiger partial charge in [-0.15, -0.1) is 0 Å². The lowest BCUT2D eigenvalue weighted by Crippen LogP contribution is -2.32. The Hall–Kier alpha value is -4.93. The van der Waals surface area contributed by atoms with Crippen molar-refractivity contribution in [3.8, 4) is 5.75 Å². The molecule has 3 atom stereocenters. The molecule has 0 fully saturated rings. The Labute approximate surface area is 240 Å². The quantitative estimate of drug-likeness (QED) is 0.424. The number of aromatic nitrogens is 1. The number of amides is 2. The van der Waals surface area contributed by atoms with Crippen molar-refractivity contribution in [2.75, 3.05) is 20.7 Å². The summed E-state index contributed by atoms with van der Waals surface area (Å²) in [5.41, 5.74) is 1.30. The minimum absolute atomic E-state index is 0.0326. The van der Waals surface area contributed by atoms with Crippen molar-refractivity contribution in [1.82, 2.24) is 14.8 Å². The standard InChI is InChI=1S/C31H29F2N5O4/c1-37(2)28(39)18-42-22-12-20(11-21(14-22)25-16-35-29-23(25)5-3-9-34-29)15-36-30(40)24-6-4-10-38(31(24)41)17-19-7-8-26(32)27(33)13-19/h3-14,16,23,25,29H,15,17-18H2,1-2H3,(H,36,40). The molecule has 0 saturated heterocycles. The molecule has 0 radical (unpaired) electrons. The van der Waals surface area contributed by atoms with Crippen molar-refractivity contribution in [3.05, 3.63) is 111 Å². The highest BCUT2D eigenvalue weighted by atomic mass is 19.2. The number of benzene rings is 2. The largest absolute Gasteiger partial charge is 0.484 e. The van der Waals surface area contributed by atoms with Gasteiger partial charge in [0, 0.05) is 51.1 Å². The fourth-order valence-electron chi connectivity index (χ4n) is 4.83. The zero-order valence-electron chi connectivity index (χ0n) is 23.0. The van der Waals surface area contributed by atoms with E-state index in [4.69, 9.17) is 4.74 Å². The molecular formula is C31H29F2N5O4. The zero-order valence-corrected chi connectivity index (χ0v) is 23.0. The second kappa shape index (κ2) is 12.3. The number of aliphatic imine (C=N–C) groups is 2. The van der Waals surface area contributed by atoms with Gasteiger partial charge in [0.1, 0.15) is 17.5 Å². The van der Waals surface area contributed by atoms with Crippen LogP contribution in [-0.4, -0.2) is 60.6 Å². The van der Waals surface area contributed by atoms with Crippen LogP contribution in [0.2, 0.25) is 0 Å². The van der Waals surface area contributed by atoms with Crippen LogP contribution in [0.15, 0.2) is 81.7 Å². The van der Waals surface area contributed by atoms with E-state index in [1.807, 2.05) is 24.4 Å². The van der Waals surface area contributed by atoms with Crippen LogP contribution in [0.4, 0.5) is 8.78 Å². The smallest absolute Gasteiger partial charge is 0.263 e. The van der Waals surface area contributed by atoms with Crippen molar-refractivity contribution in [1.29, 1.82) is 0 Å². The Morgan fingerprint density at radius 3 is 2.67 bits per heavy atom. The molecule has 1 aromatic heterocycles. The molecule has 0 spiro atoms. The summed E-state index contributed by atoms with van der Waals surface area (Å²) in [5, 5.41) is 2.78. The number of nitrogens with zero attached hydrogens (tertiary/aromatic N) is 4. The van der Waals surface area contributed by atoms with Gasteiger partial charge < -0.3 is 19.5 Å². The molecule has 0 aliphatic carbocycles. The lowest BCUT2D eigenvalue weighted by Gasteiger charge is -2.22. The Morgan fingerprint density at radius 1 is 1.05 bits per heavy atom. The first kappa shape index (κ1) is 28.6. The molecule has 0 bridgehead atoms. The van der Waals surface area contributed by atoms with Crippen LogP contribution < -0.4 is 15.6 Å². The fraction of sp³-hybridized carbons (Fsp3) is 0.258. The second-order valence-corrected chi connectivity index (χ2v) is 10.3. The van der Waals surface area contributed by atoms with E-state index >= 15 is 0 Å². The molecule has 216 valence electrons. The van der Waals surface area contributed by atoms with E-state index in [0.29, 0.717) is 16.9 Å². The van der Waals surface area contributed by atoms with Crippen molar-refractivity contribution in [2.24, 2.45) is 15.9 Å². The lowest BCUT2D eigenvalue weighted by molar-refractivity contribution is -0.130. The normalized spacial score (nSPS) is 18.5. The number of fused-ring (bicyclic) bond motifs is 1. The molecule has 0 saturated carbocycles. The maximum Gasteiger partial charge on any atom is 0.263 e. The van der Waals surface area contributed by atoms with Crippen LogP contribution in [0.25, 0.3) is 0 Å². The van der Waals surface area contributed by atoms with Gasteiger partial charge in [-0.3, -0.25) is 24.4 Å². The number of hydrogen-bond acceptors (Lipinski definition) is 6. The molecule has 3 heterocycles. The predicted octanol–water partition coefficient (Wildman–Crippen LogP) is 3.32. The molecule has 2 aliphatic heterocycles. The Balaban J connectivity index is 1.34. The third-order valence-electron chi connectivity index (χ3n) is 7.11. The van der Waals surface area contributed by atoms with Gasteiger partial charge in [0.25, 0.3) is 17.4 Å². The molecule has 11 heteroatoms. The number of rotatable bonds is 9. The molecule has 9 nitrogen and oxygen atoms in total. The molecule has 3 unspecified atom stereocenters. The highest BCUT2D eigenvalue weighted by molar-refractivity contribution is 5.93. The second-order valence-electron chi connectivity index (χ2n) is 10.3. The van der Waals surface area contributed by atoms with Crippen molar-refractivity contribution in [2.45, 2.75) is 25.2 Å². The maximum absolute atomic E-state index is 13.6. The Kier molecular flexibility index (Phi) is 8.37. The van der Waals surface area contributed by atoms with E-state index < -0.39 is 23.1 Å². The minimum Gasteiger partial charge on any atom is -0.484 e. The Bertz CT molecular complexity index is 1660. The zero-order chi connectivity index (χ0) is 29.8. The topological polar surface area (TPSA) is 105 Å². The van der Waals surface area contributed by atoms with Crippen LogP contribution in [0.5, 0.6) is 5.75 Å². The average molecular weight is 574 g/mol. The molecule has 2 amide bonds. The molecule has 5 rings (SSSR count). The third kappa shape index (κ3) is 6.35. The number of carbonyl (C=O) groups is 2. The van der Waals surface area contributed by atoms with E-state index in [9.17, 15) is 23.2 Å². The summed E-state index contributed by atoms with van der Waals surface area (Å²) in [7, 11) is 3.28. The molecular weight excluding hydrogens is 544 g/mol. The summed E-state index contributed by atoms with van der Waals surface area (Å²) in [5.74, 6) is -2.38. The van der Waals surface area contributed by atoms with Crippen LogP contribution in [-0.2, 0) is 17.9 Å². The van der Waals surface area contributed by atoms with E-state index in [1.165, 1.54) is 27.8 Å². The van der Waals surface area contributed by atoms with Gasteiger partial charge >= 0.3 is 0 Å². The van der Waals surface area contributed by atoms with Crippen molar-refractivity contribution in [3.63, 3.8) is 0 Å². The number of likely N-dealkylation sites (N-methyl/N-ethyl adjacent to an activating group) is 1. The van der Waals surface area contributed by atoms with E-state index in [2.05, 4.69) is 21.4 Å². The molecule has 3 aromatic rings. The summed E-state index contributed by atoms with van der Waals surface area (Å²) >= 11 is 0. The van der Waals surface area contributed by atoms with Crippen LogP contribution in [0.1, 0.15) is 33.0 Å². The number of dihydropyridines is 1. The molecule has 1 N–H and O–H groups in total. The summed E-state index contributed by atoms with van der Waals surface area (Å²) in [4.78, 5) is 48.6. The highest BCUT2D eigenvalue weighted by Gasteiger charge is 2.33. The lowest BCUT2D eigenvalue weighted by atomic mass is 9.85. The number of nitrogens with one attached hydrogen (secondary N) is 1. The van der Waals surface area contributed by atoms with E-state index in [0.717, 1.165) is 17.7 Å². The van der Waals surface area contributed by atoms with Crippen molar-refractivity contribution >= 4 is 24.2 Å². The van der Waals surface area contributed by atoms with E-state index in [1.54, 1.807) is 32.4 Å².